The van der Waals surface area contributed by atoms with Crippen LogP contribution >= 0.6 is 0 Å². The van der Waals surface area contributed by atoms with Crippen LogP contribution in [0.4, 0.5) is 0 Å². The SMILES string of the molecule is C[C@H](NC1CCN2CCCCC12)c1ccco1. The summed E-state index contributed by atoms with van der Waals surface area (Å²) in [6.07, 6.45) is 7.19. The average molecular weight is 234 g/mol. The van der Waals surface area contributed by atoms with Gasteiger partial charge in [0, 0.05) is 18.6 Å². The van der Waals surface area contributed by atoms with Gasteiger partial charge in [-0.05, 0) is 44.9 Å². The second-order valence-corrected chi connectivity index (χ2v) is 5.40. The number of hydrogen-bond acceptors (Lipinski definition) is 3. The van der Waals surface area contributed by atoms with E-state index in [0.717, 1.165) is 11.8 Å². The van der Waals surface area contributed by atoms with Crippen molar-refractivity contribution >= 4 is 0 Å². The van der Waals surface area contributed by atoms with Gasteiger partial charge in [0.25, 0.3) is 0 Å². The van der Waals surface area contributed by atoms with Crippen molar-refractivity contribution < 1.29 is 4.42 Å². The highest BCUT2D eigenvalue weighted by atomic mass is 16.3. The minimum Gasteiger partial charge on any atom is -0.468 e. The summed E-state index contributed by atoms with van der Waals surface area (Å²) >= 11 is 0. The largest absolute Gasteiger partial charge is 0.468 e. The van der Waals surface area contributed by atoms with Crippen LogP contribution < -0.4 is 5.32 Å². The molecule has 0 spiro atoms. The molecule has 2 aliphatic rings. The quantitative estimate of drug-likeness (QED) is 0.871. The molecule has 2 fully saturated rings. The summed E-state index contributed by atoms with van der Waals surface area (Å²) in [5.41, 5.74) is 0. The fourth-order valence-corrected chi connectivity index (χ4v) is 3.38. The van der Waals surface area contributed by atoms with Crippen molar-refractivity contribution in [3.8, 4) is 0 Å². The van der Waals surface area contributed by atoms with Crippen LogP contribution in [-0.2, 0) is 0 Å². The third-order valence-corrected chi connectivity index (χ3v) is 4.29. The highest BCUT2D eigenvalue weighted by molar-refractivity contribution is 5.05. The molecule has 17 heavy (non-hydrogen) atoms. The lowest BCUT2D eigenvalue weighted by Gasteiger charge is -2.33. The van der Waals surface area contributed by atoms with E-state index in [1.807, 2.05) is 6.07 Å². The molecular formula is C14H22N2O. The maximum Gasteiger partial charge on any atom is 0.120 e. The minimum absolute atomic E-state index is 0.330. The Balaban J connectivity index is 1.62. The van der Waals surface area contributed by atoms with Gasteiger partial charge in [-0.25, -0.2) is 0 Å². The van der Waals surface area contributed by atoms with Crippen LogP contribution in [-0.4, -0.2) is 30.1 Å². The topological polar surface area (TPSA) is 28.4 Å². The summed E-state index contributed by atoms with van der Waals surface area (Å²) in [6.45, 7) is 4.77. The highest BCUT2D eigenvalue weighted by Crippen LogP contribution is 2.28. The monoisotopic (exact) mass is 234 g/mol. The van der Waals surface area contributed by atoms with Crippen molar-refractivity contribution in [1.82, 2.24) is 10.2 Å². The Hall–Kier alpha value is -0.800. The molecule has 3 atom stereocenters. The van der Waals surface area contributed by atoms with E-state index < -0.39 is 0 Å². The molecule has 3 heterocycles. The van der Waals surface area contributed by atoms with Gasteiger partial charge in [-0.1, -0.05) is 6.42 Å². The van der Waals surface area contributed by atoms with E-state index in [-0.39, 0.29) is 0 Å². The first-order chi connectivity index (χ1) is 8.34. The van der Waals surface area contributed by atoms with Crippen molar-refractivity contribution in [2.75, 3.05) is 13.1 Å². The van der Waals surface area contributed by atoms with Gasteiger partial charge < -0.3 is 9.73 Å². The van der Waals surface area contributed by atoms with Crippen LogP contribution in [0.3, 0.4) is 0 Å². The van der Waals surface area contributed by atoms with Crippen molar-refractivity contribution in [3.63, 3.8) is 0 Å². The molecule has 1 aromatic heterocycles. The Labute approximate surface area is 103 Å². The minimum atomic E-state index is 0.330. The zero-order valence-electron chi connectivity index (χ0n) is 10.6. The molecule has 1 N–H and O–H groups in total. The summed E-state index contributed by atoms with van der Waals surface area (Å²) in [7, 11) is 0. The van der Waals surface area contributed by atoms with E-state index in [4.69, 9.17) is 4.42 Å². The van der Waals surface area contributed by atoms with E-state index in [0.29, 0.717) is 12.1 Å². The number of rotatable bonds is 3. The first-order valence-corrected chi connectivity index (χ1v) is 6.88. The average Bonchev–Trinajstić information content (AvgIpc) is 2.98. The smallest absolute Gasteiger partial charge is 0.120 e. The first-order valence-electron chi connectivity index (χ1n) is 6.88. The van der Waals surface area contributed by atoms with Crippen LogP contribution in [0.25, 0.3) is 0 Å². The Morgan fingerprint density at radius 3 is 3.12 bits per heavy atom. The summed E-state index contributed by atoms with van der Waals surface area (Å²) in [5.74, 6) is 1.05. The van der Waals surface area contributed by atoms with Gasteiger partial charge in [0.1, 0.15) is 5.76 Å². The third-order valence-electron chi connectivity index (χ3n) is 4.29. The zero-order valence-corrected chi connectivity index (χ0v) is 10.6. The standard InChI is InChI=1S/C14H22N2O/c1-11(14-6-4-10-17-14)15-12-7-9-16-8-3-2-5-13(12)16/h4,6,10-13,15H,2-3,5,7-9H2,1H3/t11-,12?,13?/m0/s1. The lowest BCUT2D eigenvalue weighted by atomic mass is 9.98. The van der Waals surface area contributed by atoms with E-state index in [9.17, 15) is 0 Å². The molecule has 3 rings (SSSR count). The number of fused-ring (bicyclic) bond motifs is 1. The molecule has 1 aromatic rings. The van der Waals surface area contributed by atoms with Crippen LogP contribution in [0.1, 0.15) is 44.4 Å². The van der Waals surface area contributed by atoms with Gasteiger partial charge in [0.05, 0.1) is 12.3 Å². The molecular weight excluding hydrogens is 212 g/mol. The maximum absolute atomic E-state index is 5.47. The van der Waals surface area contributed by atoms with Crippen molar-refractivity contribution in [3.05, 3.63) is 24.2 Å². The molecule has 0 radical (unpaired) electrons. The number of piperidine rings is 1. The molecule has 2 aliphatic heterocycles. The lowest BCUT2D eigenvalue weighted by Crippen LogP contribution is -2.45. The van der Waals surface area contributed by atoms with E-state index >= 15 is 0 Å². The van der Waals surface area contributed by atoms with Crippen LogP contribution in [0.5, 0.6) is 0 Å². The molecule has 2 saturated heterocycles. The van der Waals surface area contributed by atoms with Gasteiger partial charge >= 0.3 is 0 Å². The summed E-state index contributed by atoms with van der Waals surface area (Å²) in [4.78, 5) is 2.66. The van der Waals surface area contributed by atoms with Crippen molar-refractivity contribution in [1.29, 1.82) is 0 Å². The second kappa shape index (κ2) is 4.83. The molecule has 0 aromatic carbocycles. The van der Waals surface area contributed by atoms with Gasteiger partial charge in [0.15, 0.2) is 0 Å². The predicted molar refractivity (Wildman–Crippen MR) is 67.9 cm³/mol. The second-order valence-electron chi connectivity index (χ2n) is 5.40. The fourth-order valence-electron chi connectivity index (χ4n) is 3.38. The summed E-state index contributed by atoms with van der Waals surface area (Å²) in [5, 5.41) is 3.74. The number of nitrogens with one attached hydrogen (secondary N) is 1. The molecule has 0 saturated carbocycles. The Bertz CT molecular complexity index is 349. The predicted octanol–water partition coefficient (Wildman–Crippen LogP) is 2.56. The third kappa shape index (κ3) is 2.26. The van der Waals surface area contributed by atoms with Crippen molar-refractivity contribution in [2.45, 2.75) is 50.7 Å². The molecule has 94 valence electrons. The Morgan fingerprint density at radius 1 is 1.35 bits per heavy atom. The van der Waals surface area contributed by atoms with Gasteiger partial charge in [-0.15, -0.1) is 0 Å². The molecule has 2 unspecified atom stereocenters. The first kappa shape index (κ1) is 11.3. The van der Waals surface area contributed by atoms with Crippen LogP contribution in [0, 0.1) is 0 Å². The molecule has 3 heteroatoms. The number of nitrogens with zero attached hydrogens (tertiary/aromatic N) is 1. The fraction of sp³-hybridized carbons (Fsp3) is 0.714. The zero-order chi connectivity index (χ0) is 11.7. The number of hydrogen-bond donors (Lipinski definition) is 1. The van der Waals surface area contributed by atoms with Gasteiger partial charge in [-0.3, -0.25) is 4.90 Å². The van der Waals surface area contributed by atoms with E-state index in [1.165, 1.54) is 38.8 Å². The summed E-state index contributed by atoms with van der Waals surface area (Å²) in [6, 6.07) is 5.77. The molecule has 0 aliphatic carbocycles. The lowest BCUT2D eigenvalue weighted by molar-refractivity contribution is 0.176. The Morgan fingerprint density at radius 2 is 2.29 bits per heavy atom. The number of furan rings is 1. The van der Waals surface area contributed by atoms with E-state index in [2.05, 4.69) is 23.2 Å². The molecule has 0 bridgehead atoms. The molecule has 0 amide bonds. The van der Waals surface area contributed by atoms with Crippen LogP contribution in [0.15, 0.2) is 22.8 Å². The molecule has 3 nitrogen and oxygen atoms in total. The van der Waals surface area contributed by atoms with Gasteiger partial charge in [-0.2, -0.15) is 0 Å². The summed E-state index contributed by atoms with van der Waals surface area (Å²) < 4.78 is 5.47. The van der Waals surface area contributed by atoms with E-state index in [1.54, 1.807) is 6.26 Å². The van der Waals surface area contributed by atoms with Gasteiger partial charge in [0.2, 0.25) is 0 Å². The normalized spacial score (nSPS) is 31.4. The van der Waals surface area contributed by atoms with Crippen LogP contribution in [0.2, 0.25) is 0 Å². The highest BCUT2D eigenvalue weighted by Gasteiger charge is 2.36. The maximum atomic E-state index is 5.47. The van der Waals surface area contributed by atoms with Crippen molar-refractivity contribution in [2.24, 2.45) is 0 Å². The Kier molecular flexibility index (Phi) is 3.21.